The molecule has 3 rings (SSSR count). The number of para-hydroxylation sites is 1. The number of ether oxygens (including phenoxy) is 2. The van der Waals surface area contributed by atoms with E-state index < -0.39 is 0 Å². The first-order valence-corrected chi connectivity index (χ1v) is 8.37. The minimum absolute atomic E-state index is 0.124. The molecule has 25 heavy (non-hydrogen) atoms. The highest BCUT2D eigenvalue weighted by atomic mass is 16.5. The van der Waals surface area contributed by atoms with Gasteiger partial charge < -0.3 is 19.8 Å². The lowest BCUT2D eigenvalue weighted by atomic mass is 10.1. The van der Waals surface area contributed by atoms with Crippen molar-refractivity contribution in [2.24, 2.45) is 0 Å². The van der Waals surface area contributed by atoms with Crippen LogP contribution in [0, 0.1) is 0 Å². The lowest BCUT2D eigenvalue weighted by Crippen LogP contribution is -2.26. The van der Waals surface area contributed by atoms with Crippen molar-refractivity contribution in [2.75, 3.05) is 20.3 Å². The zero-order chi connectivity index (χ0) is 17.6. The van der Waals surface area contributed by atoms with Crippen LogP contribution in [0.5, 0.6) is 11.5 Å². The van der Waals surface area contributed by atoms with Gasteiger partial charge in [-0.15, -0.1) is 0 Å². The number of aromatic nitrogens is 1. The molecule has 2 N–H and O–H groups in total. The first-order valence-electron chi connectivity index (χ1n) is 8.37. The molecule has 0 radical (unpaired) electrons. The third-order valence-corrected chi connectivity index (χ3v) is 4.09. The van der Waals surface area contributed by atoms with Crippen LogP contribution in [0.4, 0.5) is 0 Å². The predicted molar refractivity (Wildman–Crippen MR) is 98.5 cm³/mol. The summed E-state index contributed by atoms with van der Waals surface area (Å²) in [7, 11) is 1.66. The highest BCUT2D eigenvalue weighted by molar-refractivity contribution is 5.97. The van der Waals surface area contributed by atoms with E-state index in [0.29, 0.717) is 24.5 Å². The molecule has 5 nitrogen and oxygen atoms in total. The summed E-state index contributed by atoms with van der Waals surface area (Å²) < 4.78 is 10.8. The highest BCUT2D eigenvalue weighted by Crippen LogP contribution is 2.24. The number of hydrogen-bond donors (Lipinski definition) is 2. The smallest absolute Gasteiger partial charge is 0.255 e. The number of benzene rings is 2. The summed E-state index contributed by atoms with van der Waals surface area (Å²) in [5, 5.41) is 4.08. The van der Waals surface area contributed by atoms with E-state index in [1.807, 2.05) is 49.5 Å². The molecule has 0 atom stereocenters. The van der Waals surface area contributed by atoms with Crippen LogP contribution in [-0.2, 0) is 6.42 Å². The summed E-state index contributed by atoms with van der Waals surface area (Å²) in [5.74, 6) is 1.31. The molecule has 0 unspecified atom stereocenters. The fourth-order valence-electron chi connectivity index (χ4n) is 2.83. The van der Waals surface area contributed by atoms with Crippen LogP contribution in [-0.4, -0.2) is 31.2 Å². The average molecular weight is 338 g/mol. The predicted octanol–water partition coefficient (Wildman–Crippen LogP) is 3.55. The molecule has 2 aromatic carbocycles. The standard InChI is InChI=1S/C20H22N2O3/c1-3-25-19-7-5-4-6-16(19)20(23)21-11-10-14-13-22-18-9-8-15(24-2)12-17(14)18/h4-9,12-13,22H,3,10-11H2,1-2H3,(H,21,23). The molecule has 0 fully saturated rings. The minimum Gasteiger partial charge on any atom is -0.497 e. The van der Waals surface area contributed by atoms with Crippen molar-refractivity contribution in [1.29, 1.82) is 0 Å². The summed E-state index contributed by atoms with van der Waals surface area (Å²) >= 11 is 0. The molecule has 1 amide bonds. The Morgan fingerprint density at radius 3 is 2.84 bits per heavy atom. The number of methoxy groups -OCH3 is 1. The van der Waals surface area contributed by atoms with Gasteiger partial charge in [0.25, 0.3) is 5.91 Å². The van der Waals surface area contributed by atoms with E-state index in [1.165, 1.54) is 0 Å². The van der Waals surface area contributed by atoms with E-state index in [4.69, 9.17) is 9.47 Å². The van der Waals surface area contributed by atoms with Crippen molar-refractivity contribution in [3.05, 3.63) is 59.8 Å². The molecule has 0 saturated carbocycles. The van der Waals surface area contributed by atoms with Gasteiger partial charge in [0.15, 0.2) is 0 Å². The van der Waals surface area contributed by atoms with Gasteiger partial charge in [-0.1, -0.05) is 12.1 Å². The monoisotopic (exact) mass is 338 g/mol. The van der Waals surface area contributed by atoms with Gasteiger partial charge in [0.2, 0.25) is 0 Å². The average Bonchev–Trinajstić information content (AvgIpc) is 3.04. The number of amides is 1. The number of fused-ring (bicyclic) bond motifs is 1. The molecule has 0 saturated heterocycles. The van der Waals surface area contributed by atoms with Crippen molar-refractivity contribution in [2.45, 2.75) is 13.3 Å². The molecular formula is C20H22N2O3. The van der Waals surface area contributed by atoms with Gasteiger partial charge in [-0.2, -0.15) is 0 Å². The van der Waals surface area contributed by atoms with Crippen LogP contribution in [0.15, 0.2) is 48.7 Å². The molecular weight excluding hydrogens is 316 g/mol. The van der Waals surface area contributed by atoms with Gasteiger partial charge in [-0.25, -0.2) is 0 Å². The summed E-state index contributed by atoms with van der Waals surface area (Å²) in [4.78, 5) is 15.7. The van der Waals surface area contributed by atoms with Gasteiger partial charge in [0.1, 0.15) is 11.5 Å². The fourth-order valence-corrected chi connectivity index (χ4v) is 2.83. The summed E-state index contributed by atoms with van der Waals surface area (Å²) in [6.45, 7) is 2.98. The maximum atomic E-state index is 12.4. The Hall–Kier alpha value is -2.95. The van der Waals surface area contributed by atoms with Gasteiger partial charge in [0, 0.05) is 23.6 Å². The Balaban J connectivity index is 1.66. The van der Waals surface area contributed by atoms with E-state index >= 15 is 0 Å². The van der Waals surface area contributed by atoms with Crippen LogP contribution < -0.4 is 14.8 Å². The lowest BCUT2D eigenvalue weighted by Gasteiger charge is -2.10. The van der Waals surface area contributed by atoms with Crippen LogP contribution in [0.1, 0.15) is 22.8 Å². The third-order valence-electron chi connectivity index (χ3n) is 4.09. The topological polar surface area (TPSA) is 63.3 Å². The van der Waals surface area contributed by atoms with Crippen molar-refractivity contribution in [1.82, 2.24) is 10.3 Å². The second-order valence-electron chi connectivity index (χ2n) is 5.66. The number of carbonyl (C=O) groups excluding carboxylic acids is 1. The fraction of sp³-hybridized carbons (Fsp3) is 0.250. The molecule has 130 valence electrons. The van der Waals surface area contributed by atoms with E-state index in [-0.39, 0.29) is 5.91 Å². The van der Waals surface area contributed by atoms with E-state index in [2.05, 4.69) is 10.3 Å². The Bertz CT molecular complexity index is 870. The third kappa shape index (κ3) is 3.76. The lowest BCUT2D eigenvalue weighted by molar-refractivity contribution is 0.0950. The van der Waals surface area contributed by atoms with E-state index in [9.17, 15) is 4.79 Å². The van der Waals surface area contributed by atoms with Crippen LogP contribution in [0.3, 0.4) is 0 Å². The van der Waals surface area contributed by atoms with Gasteiger partial charge in [0.05, 0.1) is 19.3 Å². The van der Waals surface area contributed by atoms with Gasteiger partial charge >= 0.3 is 0 Å². The van der Waals surface area contributed by atoms with Crippen molar-refractivity contribution >= 4 is 16.8 Å². The summed E-state index contributed by atoms with van der Waals surface area (Å²) in [5.41, 5.74) is 2.76. The Labute approximate surface area is 147 Å². The minimum atomic E-state index is -0.124. The van der Waals surface area contributed by atoms with E-state index in [0.717, 1.165) is 28.6 Å². The molecule has 1 heterocycles. The molecule has 3 aromatic rings. The first-order chi connectivity index (χ1) is 12.2. The van der Waals surface area contributed by atoms with Crippen LogP contribution in [0.2, 0.25) is 0 Å². The van der Waals surface area contributed by atoms with Gasteiger partial charge in [-0.05, 0) is 49.2 Å². The highest BCUT2D eigenvalue weighted by Gasteiger charge is 2.12. The number of carbonyl (C=O) groups is 1. The van der Waals surface area contributed by atoms with Crippen molar-refractivity contribution < 1.29 is 14.3 Å². The Kier molecular flexibility index (Phi) is 5.23. The number of aromatic amines is 1. The van der Waals surface area contributed by atoms with Crippen molar-refractivity contribution in [3.8, 4) is 11.5 Å². The molecule has 0 aliphatic rings. The Morgan fingerprint density at radius 2 is 2.04 bits per heavy atom. The van der Waals surface area contributed by atoms with Crippen molar-refractivity contribution in [3.63, 3.8) is 0 Å². The molecule has 0 bridgehead atoms. The number of rotatable bonds is 7. The maximum Gasteiger partial charge on any atom is 0.255 e. The van der Waals surface area contributed by atoms with Gasteiger partial charge in [-0.3, -0.25) is 4.79 Å². The quantitative estimate of drug-likeness (QED) is 0.692. The molecule has 0 aliphatic carbocycles. The maximum absolute atomic E-state index is 12.4. The van der Waals surface area contributed by atoms with Crippen LogP contribution in [0.25, 0.3) is 10.9 Å². The van der Waals surface area contributed by atoms with E-state index in [1.54, 1.807) is 13.2 Å². The largest absolute Gasteiger partial charge is 0.497 e. The molecule has 5 heteroatoms. The van der Waals surface area contributed by atoms with Crippen LogP contribution >= 0.6 is 0 Å². The number of hydrogen-bond acceptors (Lipinski definition) is 3. The summed E-state index contributed by atoms with van der Waals surface area (Å²) in [6.07, 6.45) is 2.71. The second kappa shape index (κ2) is 7.75. The number of nitrogens with one attached hydrogen (secondary N) is 2. The second-order valence-corrected chi connectivity index (χ2v) is 5.66. The zero-order valence-electron chi connectivity index (χ0n) is 14.5. The molecule has 0 spiro atoms. The Morgan fingerprint density at radius 1 is 1.20 bits per heavy atom. The SMILES string of the molecule is CCOc1ccccc1C(=O)NCCc1c[nH]c2ccc(OC)cc12. The summed E-state index contributed by atoms with van der Waals surface area (Å²) in [6, 6.07) is 13.2. The molecule has 0 aliphatic heterocycles. The first kappa shape index (κ1) is 16.9. The zero-order valence-corrected chi connectivity index (χ0v) is 14.5. The number of H-pyrrole nitrogens is 1. The molecule has 1 aromatic heterocycles. The normalized spacial score (nSPS) is 10.6.